The number of halogens is 1. The number of hydrazine groups is 1. The van der Waals surface area contributed by atoms with E-state index in [0.29, 0.717) is 13.1 Å². The molecule has 0 amide bonds. The average Bonchev–Trinajstić information content (AvgIpc) is 3.09. The predicted molar refractivity (Wildman–Crippen MR) is 92.9 cm³/mol. The third kappa shape index (κ3) is 4.60. The molecule has 25 heavy (non-hydrogen) atoms. The Morgan fingerprint density at radius 1 is 1.20 bits per heavy atom. The first kappa shape index (κ1) is 17.9. The lowest BCUT2D eigenvalue weighted by molar-refractivity contribution is 0.446. The van der Waals surface area contributed by atoms with E-state index in [4.69, 9.17) is 0 Å². The lowest BCUT2D eigenvalue weighted by Gasteiger charge is -2.19. The van der Waals surface area contributed by atoms with Crippen molar-refractivity contribution in [2.24, 2.45) is 5.92 Å². The Morgan fingerprint density at radius 2 is 2.00 bits per heavy atom. The molecule has 1 saturated heterocycles. The molecule has 6 nitrogen and oxygen atoms in total. The molecule has 8 heteroatoms. The van der Waals surface area contributed by atoms with Crippen LogP contribution in [0.3, 0.4) is 0 Å². The molecule has 0 radical (unpaired) electrons. The topological polar surface area (TPSA) is 83.1 Å². The highest BCUT2D eigenvalue weighted by molar-refractivity contribution is 7.91. The van der Waals surface area contributed by atoms with Crippen LogP contribution in [-0.2, 0) is 9.84 Å². The summed E-state index contributed by atoms with van der Waals surface area (Å²) in [5, 5.41) is 3.31. The third-order valence-electron chi connectivity index (χ3n) is 4.23. The van der Waals surface area contributed by atoms with E-state index in [0.717, 1.165) is 12.1 Å². The molecule has 1 aliphatic rings. The molecule has 134 valence electrons. The van der Waals surface area contributed by atoms with Gasteiger partial charge in [0.1, 0.15) is 5.82 Å². The van der Waals surface area contributed by atoms with Gasteiger partial charge in [0.05, 0.1) is 11.8 Å². The molecule has 2 aromatic rings. The molecule has 0 bridgehead atoms. The van der Waals surface area contributed by atoms with Crippen LogP contribution >= 0.6 is 0 Å². The monoisotopic (exact) mass is 364 g/mol. The molecule has 2 unspecified atom stereocenters. The van der Waals surface area contributed by atoms with Crippen LogP contribution < -0.4 is 16.2 Å². The van der Waals surface area contributed by atoms with Crippen LogP contribution in [0.25, 0.3) is 0 Å². The van der Waals surface area contributed by atoms with Gasteiger partial charge >= 0.3 is 0 Å². The highest BCUT2D eigenvalue weighted by Crippen LogP contribution is 2.24. The molecule has 1 fully saturated rings. The number of benzene rings is 1. The molecular formula is C17H21FN4O2S. The largest absolute Gasteiger partial charge is 0.315 e. The zero-order chi connectivity index (χ0) is 17.7. The van der Waals surface area contributed by atoms with Gasteiger partial charge in [-0.1, -0.05) is 18.2 Å². The van der Waals surface area contributed by atoms with Crippen LogP contribution in [-0.4, -0.2) is 38.8 Å². The highest BCUT2D eigenvalue weighted by Gasteiger charge is 2.28. The molecule has 1 aromatic carbocycles. The van der Waals surface area contributed by atoms with Crippen molar-refractivity contribution in [2.45, 2.75) is 11.1 Å². The van der Waals surface area contributed by atoms with Crippen molar-refractivity contribution < 1.29 is 12.8 Å². The highest BCUT2D eigenvalue weighted by atomic mass is 32.2. The lowest BCUT2D eigenvalue weighted by Crippen LogP contribution is -2.31. The molecule has 0 saturated carbocycles. The van der Waals surface area contributed by atoms with Gasteiger partial charge in [-0.15, -0.1) is 0 Å². The van der Waals surface area contributed by atoms with E-state index in [9.17, 15) is 12.8 Å². The summed E-state index contributed by atoms with van der Waals surface area (Å²) in [6, 6.07) is 11.3. The van der Waals surface area contributed by atoms with Gasteiger partial charge in [0, 0.05) is 31.7 Å². The molecule has 1 aliphatic heterocycles. The second-order valence-electron chi connectivity index (χ2n) is 6.01. The zero-order valence-corrected chi connectivity index (χ0v) is 14.5. The minimum atomic E-state index is -3.37. The first-order valence-electron chi connectivity index (χ1n) is 8.14. The molecule has 2 heterocycles. The van der Waals surface area contributed by atoms with Gasteiger partial charge < -0.3 is 5.32 Å². The summed E-state index contributed by atoms with van der Waals surface area (Å²) >= 11 is 0. The third-order valence-corrected chi connectivity index (χ3v) is 5.85. The van der Waals surface area contributed by atoms with E-state index in [-0.39, 0.29) is 28.6 Å². The van der Waals surface area contributed by atoms with Gasteiger partial charge in [-0.25, -0.2) is 23.2 Å². The summed E-state index contributed by atoms with van der Waals surface area (Å²) in [5.74, 6) is -0.0224. The van der Waals surface area contributed by atoms with E-state index in [1.54, 1.807) is 24.3 Å². The van der Waals surface area contributed by atoms with Gasteiger partial charge in [0.2, 0.25) is 0 Å². The van der Waals surface area contributed by atoms with E-state index in [1.165, 1.54) is 24.4 Å². The quantitative estimate of drug-likeness (QED) is 0.637. The predicted octanol–water partition coefficient (Wildman–Crippen LogP) is 1.05. The Balaban J connectivity index is 1.51. The molecule has 2 atom stereocenters. The number of nitrogens with one attached hydrogen (secondary N) is 3. The van der Waals surface area contributed by atoms with Crippen LogP contribution in [0.1, 0.15) is 11.6 Å². The molecule has 3 N–H and O–H groups in total. The van der Waals surface area contributed by atoms with E-state index in [1.807, 2.05) is 0 Å². The van der Waals surface area contributed by atoms with Crippen molar-refractivity contribution in [3.63, 3.8) is 0 Å². The first-order chi connectivity index (χ1) is 12.1. The van der Waals surface area contributed by atoms with E-state index >= 15 is 0 Å². The number of rotatable bonds is 7. The SMILES string of the molecule is O=S(=O)(CCNCC1CNNC1c1ccc(F)cc1)c1ccccn1. The van der Waals surface area contributed by atoms with Crippen molar-refractivity contribution in [3.8, 4) is 0 Å². The van der Waals surface area contributed by atoms with Crippen LogP contribution in [0.4, 0.5) is 4.39 Å². The Hall–Kier alpha value is -1.87. The first-order valence-corrected chi connectivity index (χ1v) is 9.80. The Kier molecular flexibility index (Phi) is 5.74. The molecular weight excluding hydrogens is 343 g/mol. The summed E-state index contributed by atoms with van der Waals surface area (Å²) in [5.41, 5.74) is 7.29. The number of hydrogen-bond acceptors (Lipinski definition) is 6. The minimum absolute atomic E-state index is 0.00119. The fourth-order valence-electron chi connectivity index (χ4n) is 2.88. The molecule has 1 aromatic heterocycles. The van der Waals surface area contributed by atoms with Crippen molar-refractivity contribution in [1.82, 2.24) is 21.2 Å². The number of hydrogen-bond donors (Lipinski definition) is 3. The second-order valence-corrected chi connectivity index (χ2v) is 8.06. The maximum Gasteiger partial charge on any atom is 0.196 e. The zero-order valence-electron chi connectivity index (χ0n) is 13.7. The maximum absolute atomic E-state index is 13.1. The molecule has 3 rings (SSSR count). The van der Waals surface area contributed by atoms with Gasteiger partial charge in [0.15, 0.2) is 14.9 Å². The summed E-state index contributed by atoms with van der Waals surface area (Å²) in [4.78, 5) is 3.90. The maximum atomic E-state index is 13.1. The minimum Gasteiger partial charge on any atom is -0.315 e. The van der Waals surface area contributed by atoms with Crippen LogP contribution in [0, 0.1) is 11.7 Å². The second kappa shape index (κ2) is 8.01. The molecule has 0 aliphatic carbocycles. The number of sulfone groups is 1. The lowest BCUT2D eigenvalue weighted by atomic mass is 9.95. The number of aromatic nitrogens is 1. The Morgan fingerprint density at radius 3 is 2.72 bits per heavy atom. The van der Waals surface area contributed by atoms with E-state index < -0.39 is 9.84 Å². The smallest absolute Gasteiger partial charge is 0.196 e. The van der Waals surface area contributed by atoms with Gasteiger partial charge in [0.25, 0.3) is 0 Å². The number of nitrogens with zero attached hydrogens (tertiary/aromatic N) is 1. The van der Waals surface area contributed by atoms with Gasteiger partial charge in [-0.2, -0.15) is 0 Å². The average molecular weight is 364 g/mol. The van der Waals surface area contributed by atoms with E-state index in [2.05, 4.69) is 21.2 Å². The summed E-state index contributed by atoms with van der Waals surface area (Å²) in [7, 11) is -3.37. The fraction of sp³-hybridized carbons (Fsp3) is 0.353. The van der Waals surface area contributed by atoms with Crippen molar-refractivity contribution in [1.29, 1.82) is 0 Å². The van der Waals surface area contributed by atoms with Crippen molar-refractivity contribution in [3.05, 3.63) is 60.0 Å². The van der Waals surface area contributed by atoms with Crippen LogP contribution in [0.5, 0.6) is 0 Å². The number of pyridine rings is 1. The van der Waals surface area contributed by atoms with Crippen molar-refractivity contribution >= 4 is 9.84 Å². The van der Waals surface area contributed by atoms with Gasteiger partial charge in [-0.3, -0.25) is 5.43 Å². The normalized spacial score (nSPS) is 20.7. The Bertz CT molecular complexity index is 784. The Labute approximate surface area is 146 Å². The van der Waals surface area contributed by atoms with Crippen LogP contribution in [0.15, 0.2) is 53.7 Å². The van der Waals surface area contributed by atoms with Gasteiger partial charge in [-0.05, 0) is 29.8 Å². The standard InChI is InChI=1S/C17H21FN4O2S/c18-15-6-4-13(5-7-15)17-14(12-21-22-17)11-19-9-10-25(23,24)16-3-1-2-8-20-16/h1-8,14,17,19,21-22H,9-12H2. The summed E-state index contributed by atoms with van der Waals surface area (Å²) < 4.78 is 37.4. The van der Waals surface area contributed by atoms with Crippen LogP contribution in [0.2, 0.25) is 0 Å². The summed E-state index contributed by atoms with van der Waals surface area (Å²) in [6.07, 6.45) is 1.48. The summed E-state index contributed by atoms with van der Waals surface area (Å²) in [6.45, 7) is 1.76. The van der Waals surface area contributed by atoms with Crippen molar-refractivity contribution in [2.75, 3.05) is 25.4 Å². The fourth-order valence-corrected chi connectivity index (χ4v) is 4.01. The molecule has 0 spiro atoms.